The lowest BCUT2D eigenvalue weighted by Crippen LogP contribution is -2.43. The van der Waals surface area contributed by atoms with Crippen LogP contribution in [0.1, 0.15) is 44.4 Å². The summed E-state index contributed by atoms with van der Waals surface area (Å²) in [5.41, 5.74) is 1.82. The molecule has 1 aromatic heterocycles. The van der Waals surface area contributed by atoms with Gasteiger partial charge in [-0.1, -0.05) is 55.8 Å². The maximum atomic E-state index is 11.5. The number of hydrogen-bond acceptors (Lipinski definition) is 3. The molecule has 0 unspecified atom stereocenters. The van der Waals surface area contributed by atoms with E-state index < -0.39 is 5.60 Å². The van der Waals surface area contributed by atoms with Gasteiger partial charge in [0.15, 0.2) is 0 Å². The maximum absolute atomic E-state index is 11.5. The average Bonchev–Trinajstić information content (AvgIpc) is 2.88. The average molecular weight is 285 g/mol. The minimum Gasteiger partial charge on any atom is -0.384 e. The zero-order chi connectivity index (χ0) is 15.0. The summed E-state index contributed by atoms with van der Waals surface area (Å²) >= 11 is 0. The van der Waals surface area contributed by atoms with E-state index in [2.05, 4.69) is 19.0 Å². The number of aryl methyl sites for hydroxylation is 1. The molecule has 3 nitrogen and oxygen atoms in total. The van der Waals surface area contributed by atoms with E-state index in [1.54, 1.807) is 0 Å². The molecular weight excluding hydrogens is 262 g/mol. The minimum atomic E-state index is -0.854. The van der Waals surface area contributed by atoms with Crippen molar-refractivity contribution < 1.29 is 9.63 Å². The van der Waals surface area contributed by atoms with Gasteiger partial charge in [0, 0.05) is 5.56 Å². The van der Waals surface area contributed by atoms with Crippen LogP contribution in [0.4, 0.5) is 0 Å². The summed E-state index contributed by atoms with van der Waals surface area (Å²) < 4.78 is 5.46. The Bertz CT molecular complexity index is 607. The van der Waals surface area contributed by atoms with Crippen LogP contribution in [0.3, 0.4) is 0 Å². The summed E-state index contributed by atoms with van der Waals surface area (Å²) in [5, 5.41) is 15.7. The molecule has 0 saturated heterocycles. The summed E-state index contributed by atoms with van der Waals surface area (Å²) in [7, 11) is 0. The molecule has 3 rings (SSSR count). The molecular formula is C18H23NO2. The Hall–Kier alpha value is -1.61. The molecule has 1 N–H and O–H groups in total. The first-order valence-electron chi connectivity index (χ1n) is 7.79. The molecule has 1 aromatic carbocycles. The van der Waals surface area contributed by atoms with Crippen LogP contribution < -0.4 is 0 Å². The van der Waals surface area contributed by atoms with Gasteiger partial charge in [-0.3, -0.25) is 0 Å². The van der Waals surface area contributed by atoms with E-state index in [1.165, 1.54) is 6.42 Å². The van der Waals surface area contributed by atoms with Crippen LogP contribution in [0, 0.1) is 18.8 Å². The second-order valence-electron chi connectivity index (χ2n) is 6.39. The molecule has 1 aliphatic rings. The maximum Gasteiger partial charge on any atom is 0.140 e. The molecule has 1 heterocycles. The molecule has 2 atom stereocenters. The number of aromatic nitrogens is 1. The standard InChI is InChI=1S/C18H23NO2/c1-12-8-7-9-13(2)18(12,20)16-14(3)21-19-17(16)15-10-5-4-6-11-15/h4-6,10-13,20H,7-9H2,1-3H3/t12-,13-/m0/s1. The first kappa shape index (κ1) is 14.3. The highest BCUT2D eigenvalue weighted by atomic mass is 16.5. The highest BCUT2D eigenvalue weighted by Crippen LogP contribution is 2.49. The first-order chi connectivity index (χ1) is 10.0. The largest absolute Gasteiger partial charge is 0.384 e. The Morgan fingerprint density at radius 3 is 2.38 bits per heavy atom. The third-order valence-corrected chi connectivity index (χ3v) is 5.09. The van der Waals surface area contributed by atoms with Crippen molar-refractivity contribution in [2.75, 3.05) is 0 Å². The zero-order valence-corrected chi connectivity index (χ0v) is 13.0. The van der Waals surface area contributed by atoms with Crippen molar-refractivity contribution >= 4 is 0 Å². The Balaban J connectivity index is 2.16. The van der Waals surface area contributed by atoms with Crippen molar-refractivity contribution in [1.82, 2.24) is 5.16 Å². The second-order valence-corrected chi connectivity index (χ2v) is 6.39. The van der Waals surface area contributed by atoms with Crippen molar-refractivity contribution in [2.45, 2.75) is 45.6 Å². The van der Waals surface area contributed by atoms with E-state index in [1.807, 2.05) is 37.3 Å². The van der Waals surface area contributed by atoms with Crippen LogP contribution >= 0.6 is 0 Å². The molecule has 21 heavy (non-hydrogen) atoms. The minimum absolute atomic E-state index is 0.210. The predicted molar refractivity (Wildman–Crippen MR) is 82.8 cm³/mol. The SMILES string of the molecule is Cc1onc(-c2ccccc2)c1C1(O)[C@@H](C)CCC[C@@H]1C. The molecule has 1 fully saturated rings. The van der Waals surface area contributed by atoms with Gasteiger partial charge < -0.3 is 9.63 Å². The van der Waals surface area contributed by atoms with E-state index >= 15 is 0 Å². The van der Waals surface area contributed by atoms with Crippen LogP contribution in [0.25, 0.3) is 11.3 Å². The van der Waals surface area contributed by atoms with E-state index in [-0.39, 0.29) is 11.8 Å². The quantitative estimate of drug-likeness (QED) is 0.895. The Kier molecular flexibility index (Phi) is 3.62. The van der Waals surface area contributed by atoms with E-state index in [0.717, 1.165) is 35.4 Å². The molecule has 0 spiro atoms. The lowest BCUT2D eigenvalue weighted by atomic mass is 9.65. The summed E-state index contributed by atoms with van der Waals surface area (Å²) in [6.45, 7) is 6.18. The smallest absolute Gasteiger partial charge is 0.140 e. The second kappa shape index (κ2) is 5.30. The van der Waals surface area contributed by atoms with Crippen molar-refractivity contribution in [3.63, 3.8) is 0 Å². The molecule has 0 radical (unpaired) electrons. The van der Waals surface area contributed by atoms with E-state index in [4.69, 9.17) is 4.52 Å². The van der Waals surface area contributed by atoms with Gasteiger partial charge in [-0.05, 0) is 31.6 Å². The fourth-order valence-corrected chi connectivity index (χ4v) is 3.79. The monoisotopic (exact) mass is 285 g/mol. The number of hydrogen-bond donors (Lipinski definition) is 1. The third-order valence-electron chi connectivity index (χ3n) is 5.09. The molecule has 0 amide bonds. The highest BCUT2D eigenvalue weighted by molar-refractivity contribution is 5.65. The fourth-order valence-electron chi connectivity index (χ4n) is 3.79. The van der Waals surface area contributed by atoms with Gasteiger partial charge in [0.25, 0.3) is 0 Å². The van der Waals surface area contributed by atoms with E-state index in [0.29, 0.717) is 0 Å². The highest BCUT2D eigenvalue weighted by Gasteiger charge is 2.47. The Labute approximate surface area is 126 Å². The van der Waals surface area contributed by atoms with E-state index in [9.17, 15) is 5.11 Å². The van der Waals surface area contributed by atoms with Crippen molar-refractivity contribution in [2.24, 2.45) is 11.8 Å². The fraction of sp³-hybridized carbons (Fsp3) is 0.500. The van der Waals surface area contributed by atoms with Gasteiger partial charge in [-0.25, -0.2) is 0 Å². The van der Waals surface area contributed by atoms with Crippen LogP contribution in [0.2, 0.25) is 0 Å². The van der Waals surface area contributed by atoms with Gasteiger partial charge in [0.1, 0.15) is 17.1 Å². The normalized spacial score (nSPS) is 25.0. The summed E-state index contributed by atoms with van der Waals surface area (Å²) in [6.07, 6.45) is 3.26. The van der Waals surface area contributed by atoms with Crippen LogP contribution in [0.5, 0.6) is 0 Å². The van der Waals surface area contributed by atoms with Gasteiger partial charge >= 0.3 is 0 Å². The zero-order valence-electron chi connectivity index (χ0n) is 13.0. The molecule has 1 saturated carbocycles. The number of aliphatic hydroxyl groups is 1. The lowest BCUT2D eigenvalue weighted by molar-refractivity contribution is -0.0897. The van der Waals surface area contributed by atoms with Gasteiger partial charge in [0.05, 0.1) is 5.56 Å². The Morgan fingerprint density at radius 1 is 1.14 bits per heavy atom. The van der Waals surface area contributed by atoms with Gasteiger partial charge in [0.2, 0.25) is 0 Å². The molecule has 2 aromatic rings. The van der Waals surface area contributed by atoms with Crippen molar-refractivity contribution in [3.8, 4) is 11.3 Å². The lowest BCUT2D eigenvalue weighted by Gasteiger charge is -2.43. The number of benzene rings is 1. The topological polar surface area (TPSA) is 46.3 Å². The first-order valence-corrected chi connectivity index (χ1v) is 7.79. The number of rotatable bonds is 2. The van der Waals surface area contributed by atoms with Gasteiger partial charge in [-0.15, -0.1) is 0 Å². The molecule has 3 heteroatoms. The molecule has 1 aliphatic carbocycles. The summed E-state index contributed by atoms with van der Waals surface area (Å²) in [6, 6.07) is 9.99. The molecule has 112 valence electrons. The van der Waals surface area contributed by atoms with Crippen LogP contribution in [-0.2, 0) is 5.60 Å². The van der Waals surface area contributed by atoms with Crippen molar-refractivity contribution in [1.29, 1.82) is 0 Å². The molecule has 0 aliphatic heterocycles. The van der Waals surface area contributed by atoms with Crippen LogP contribution in [-0.4, -0.2) is 10.3 Å². The number of nitrogens with zero attached hydrogens (tertiary/aromatic N) is 1. The predicted octanol–water partition coefficient (Wildman–Crippen LogP) is 4.29. The van der Waals surface area contributed by atoms with Crippen molar-refractivity contribution in [3.05, 3.63) is 41.7 Å². The summed E-state index contributed by atoms with van der Waals surface area (Å²) in [4.78, 5) is 0. The summed E-state index contributed by atoms with van der Waals surface area (Å²) in [5.74, 6) is 1.15. The van der Waals surface area contributed by atoms with Crippen LogP contribution in [0.15, 0.2) is 34.9 Å². The third kappa shape index (κ3) is 2.20. The Morgan fingerprint density at radius 2 is 1.76 bits per heavy atom. The molecule has 0 bridgehead atoms. The van der Waals surface area contributed by atoms with Gasteiger partial charge in [-0.2, -0.15) is 0 Å².